The first kappa shape index (κ1) is 16.0. The molecule has 1 amide bonds. The van der Waals surface area contributed by atoms with Crippen molar-refractivity contribution < 1.29 is 9.53 Å². The van der Waals surface area contributed by atoms with E-state index in [1.165, 1.54) is 10.8 Å². The van der Waals surface area contributed by atoms with Crippen LogP contribution < -0.4 is 21.3 Å². The largest absolute Gasteiger partial charge is 0.493 e. The van der Waals surface area contributed by atoms with Crippen LogP contribution in [0, 0.1) is 12.8 Å². The van der Waals surface area contributed by atoms with Crippen molar-refractivity contribution in [1.82, 2.24) is 14.9 Å². The Kier molecular flexibility index (Phi) is 4.50. The standard InChI is InChI=1S/C17H19N3O4/c1-11-8-20(17(23)19-16(11)22)9-15(21)18-7-12-6-13-4-2-3-5-14(13)24-10-12/h2-5,8,12H,6-7,9-10H2,1H3,(H,18,21)(H,19,22,23)/t12-/m0/s1. The highest BCUT2D eigenvalue weighted by Gasteiger charge is 2.20. The summed E-state index contributed by atoms with van der Waals surface area (Å²) < 4.78 is 6.88. The maximum absolute atomic E-state index is 12.0. The molecule has 1 aliphatic heterocycles. The third kappa shape index (κ3) is 3.56. The van der Waals surface area contributed by atoms with Crippen molar-refractivity contribution in [3.05, 3.63) is 62.4 Å². The van der Waals surface area contributed by atoms with Gasteiger partial charge in [-0.05, 0) is 25.0 Å². The van der Waals surface area contributed by atoms with Gasteiger partial charge in [-0.3, -0.25) is 19.1 Å². The Morgan fingerprint density at radius 1 is 1.38 bits per heavy atom. The summed E-state index contributed by atoms with van der Waals surface area (Å²) in [4.78, 5) is 37.2. The number of aromatic nitrogens is 2. The van der Waals surface area contributed by atoms with Gasteiger partial charge >= 0.3 is 5.69 Å². The predicted octanol–water partition coefficient (Wildman–Crippen LogP) is 0.213. The Hall–Kier alpha value is -2.83. The number of aromatic amines is 1. The van der Waals surface area contributed by atoms with Crippen LogP contribution in [-0.2, 0) is 17.8 Å². The fourth-order valence-electron chi connectivity index (χ4n) is 2.73. The summed E-state index contributed by atoms with van der Waals surface area (Å²) >= 11 is 0. The highest BCUT2D eigenvalue weighted by atomic mass is 16.5. The summed E-state index contributed by atoms with van der Waals surface area (Å²) in [5, 5.41) is 2.82. The number of aryl methyl sites for hydroxylation is 1. The minimum absolute atomic E-state index is 0.124. The third-order valence-corrected chi connectivity index (χ3v) is 4.05. The van der Waals surface area contributed by atoms with Crippen LogP contribution in [0.3, 0.4) is 0 Å². The molecule has 0 unspecified atom stereocenters. The molecule has 1 atom stereocenters. The Balaban J connectivity index is 1.56. The van der Waals surface area contributed by atoms with E-state index < -0.39 is 11.2 Å². The number of carbonyl (C=O) groups excluding carboxylic acids is 1. The highest BCUT2D eigenvalue weighted by Crippen LogP contribution is 2.26. The number of hydrogen-bond donors (Lipinski definition) is 2. The molecule has 1 aromatic heterocycles. The number of benzene rings is 1. The molecular formula is C17H19N3O4. The molecule has 7 heteroatoms. The van der Waals surface area contributed by atoms with Gasteiger partial charge in [0, 0.05) is 24.2 Å². The van der Waals surface area contributed by atoms with E-state index in [0.717, 1.165) is 17.7 Å². The monoisotopic (exact) mass is 329 g/mol. The summed E-state index contributed by atoms with van der Waals surface area (Å²) in [5.41, 5.74) is 0.500. The zero-order chi connectivity index (χ0) is 17.1. The SMILES string of the molecule is Cc1cn(CC(=O)NC[C@H]2COc3ccccc3C2)c(=O)[nH]c1=O. The second kappa shape index (κ2) is 6.74. The van der Waals surface area contributed by atoms with Gasteiger partial charge in [-0.15, -0.1) is 0 Å². The molecule has 126 valence electrons. The molecule has 3 rings (SSSR count). The molecule has 0 radical (unpaired) electrons. The fraction of sp³-hybridized carbons (Fsp3) is 0.353. The quantitative estimate of drug-likeness (QED) is 0.839. The zero-order valence-corrected chi connectivity index (χ0v) is 13.4. The fourth-order valence-corrected chi connectivity index (χ4v) is 2.73. The van der Waals surface area contributed by atoms with Crippen molar-refractivity contribution in [3.8, 4) is 5.75 Å². The van der Waals surface area contributed by atoms with Crippen molar-refractivity contribution in [2.75, 3.05) is 13.2 Å². The first-order valence-corrected chi connectivity index (χ1v) is 7.80. The van der Waals surface area contributed by atoms with Gasteiger partial charge in [0.1, 0.15) is 12.3 Å². The Morgan fingerprint density at radius 2 is 2.17 bits per heavy atom. The van der Waals surface area contributed by atoms with E-state index in [-0.39, 0.29) is 18.4 Å². The number of amides is 1. The summed E-state index contributed by atoms with van der Waals surface area (Å²) in [7, 11) is 0. The van der Waals surface area contributed by atoms with Crippen molar-refractivity contribution >= 4 is 5.91 Å². The van der Waals surface area contributed by atoms with E-state index in [1.54, 1.807) is 6.92 Å². The molecular weight excluding hydrogens is 310 g/mol. The first-order valence-electron chi connectivity index (χ1n) is 7.80. The van der Waals surface area contributed by atoms with E-state index in [1.807, 2.05) is 24.3 Å². The Labute approximate surface area is 138 Å². The first-order chi connectivity index (χ1) is 11.5. The van der Waals surface area contributed by atoms with Gasteiger partial charge in [0.2, 0.25) is 5.91 Å². The molecule has 0 aliphatic carbocycles. The molecule has 0 saturated heterocycles. The molecule has 2 aromatic rings. The van der Waals surface area contributed by atoms with Gasteiger partial charge in [-0.2, -0.15) is 0 Å². The molecule has 1 aliphatic rings. The number of para-hydroxylation sites is 1. The summed E-state index contributed by atoms with van der Waals surface area (Å²) in [6.07, 6.45) is 2.23. The van der Waals surface area contributed by atoms with Crippen molar-refractivity contribution in [1.29, 1.82) is 0 Å². The second-order valence-corrected chi connectivity index (χ2v) is 5.99. The van der Waals surface area contributed by atoms with Crippen LogP contribution in [0.4, 0.5) is 0 Å². The van der Waals surface area contributed by atoms with Gasteiger partial charge in [-0.25, -0.2) is 4.79 Å². The third-order valence-electron chi connectivity index (χ3n) is 4.05. The summed E-state index contributed by atoms with van der Waals surface area (Å²) in [6.45, 7) is 2.49. The molecule has 2 heterocycles. The van der Waals surface area contributed by atoms with Gasteiger partial charge in [0.25, 0.3) is 5.56 Å². The summed E-state index contributed by atoms with van der Waals surface area (Å²) in [6, 6.07) is 7.86. The number of fused-ring (bicyclic) bond motifs is 1. The van der Waals surface area contributed by atoms with Crippen LogP contribution in [-0.4, -0.2) is 28.6 Å². The molecule has 24 heavy (non-hydrogen) atoms. The lowest BCUT2D eigenvalue weighted by molar-refractivity contribution is -0.122. The predicted molar refractivity (Wildman–Crippen MR) is 88.2 cm³/mol. The Bertz CT molecular complexity index is 869. The van der Waals surface area contributed by atoms with Crippen LogP contribution in [0.2, 0.25) is 0 Å². The van der Waals surface area contributed by atoms with Crippen LogP contribution in [0.5, 0.6) is 5.75 Å². The normalized spacial score (nSPS) is 16.1. The number of ether oxygens (including phenoxy) is 1. The lowest BCUT2D eigenvalue weighted by Crippen LogP contribution is -2.39. The smallest absolute Gasteiger partial charge is 0.328 e. The molecule has 2 N–H and O–H groups in total. The van der Waals surface area contributed by atoms with Crippen LogP contribution in [0.15, 0.2) is 40.1 Å². The van der Waals surface area contributed by atoms with Gasteiger partial charge in [-0.1, -0.05) is 18.2 Å². The molecule has 1 aromatic carbocycles. The lowest BCUT2D eigenvalue weighted by atomic mass is 9.97. The van der Waals surface area contributed by atoms with E-state index >= 15 is 0 Å². The number of H-pyrrole nitrogens is 1. The molecule has 0 fully saturated rings. The van der Waals surface area contributed by atoms with Gasteiger partial charge in [0.05, 0.1) is 6.61 Å². The molecule has 0 spiro atoms. The summed E-state index contributed by atoms with van der Waals surface area (Å²) in [5.74, 6) is 0.815. The van der Waals surface area contributed by atoms with Crippen molar-refractivity contribution in [2.45, 2.75) is 19.9 Å². The number of nitrogens with one attached hydrogen (secondary N) is 2. The van der Waals surface area contributed by atoms with E-state index in [4.69, 9.17) is 4.74 Å². The number of nitrogens with zero attached hydrogens (tertiary/aromatic N) is 1. The van der Waals surface area contributed by atoms with Gasteiger partial charge < -0.3 is 10.1 Å². The maximum Gasteiger partial charge on any atom is 0.328 e. The number of hydrogen-bond acceptors (Lipinski definition) is 4. The second-order valence-electron chi connectivity index (χ2n) is 5.99. The maximum atomic E-state index is 12.0. The topological polar surface area (TPSA) is 93.2 Å². The van der Waals surface area contributed by atoms with Crippen molar-refractivity contribution in [3.63, 3.8) is 0 Å². The zero-order valence-electron chi connectivity index (χ0n) is 13.4. The van der Waals surface area contributed by atoms with Crippen LogP contribution in [0.25, 0.3) is 0 Å². The minimum Gasteiger partial charge on any atom is -0.493 e. The van der Waals surface area contributed by atoms with Gasteiger partial charge in [0.15, 0.2) is 0 Å². The van der Waals surface area contributed by atoms with Crippen LogP contribution >= 0.6 is 0 Å². The van der Waals surface area contributed by atoms with E-state index in [9.17, 15) is 14.4 Å². The number of carbonyl (C=O) groups is 1. The molecule has 7 nitrogen and oxygen atoms in total. The molecule has 0 bridgehead atoms. The van der Waals surface area contributed by atoms with E-state index in [2.05, 4.69) is 10.3 Å². The van der Waals surface area contributed by atoms with Crippen LogP contribution in [0.1, 0.15) is 11.1 Å². The average Bonchev–Trinajstić information content (AvgIpc) is 2.57. The van der Waals surface area contributed by atoms with Crippen molar-refractivity contribution in [2.24, 2.45) is 5.92 Å². The lowest BCUT2D eigenvalue weighted by Gasteiger charge is -2.25. The van der Waals surface area contributed by atoms with E-state index in [0.29, 0.717) is 18.7 Å². The highest BCUT2D eigenvalue weighted by molar-refractivity contribution is 5.75. The minimum atomic E-state index is -0.587. The average molecular weight is 329 g/mol. The molecule has 0 saturated carbocycles. The Morgan fingerprint density at radius 3 is 3.00 bits per heavy atom. The number of rotatable bonds is 4.